The van der Waals surface area contributed by atoms with E-state index in [0.29, 0.717) is 6.04 Å². The fraction of sp³-hybridized carbons (Fsp3) is 0.846. The second-order valence-electron chi connectivity index (χ2n) is 5.36. The average Bonchev–Trinajstić information content (AvgIpc) is 2.94. The highest BCUT2D eigenvalue weighted by atomic mass is 16.5. The molecule has 2 heterocycles. The first-order valence-corrected chi connectivity index (χ1v) is 6.86. The number of nitrogens with zero attached hydrogens (tertiary/aromatic N) is 3. The summed E-state index contributed by atoms with van der Waals surface area (Å²) in [5, 5.41) is 11.8. The molecule has 0 aliphatic carbocycles. The minimum atomic E-state index is -0.0628. The van der Waals surface area contributed by atoms with E-state index in [0.717, 1.165) is 44.5 Å². The zero-order valence-corrected chi connectivity index (χ0v) is 11.6. The third-order valence-electron chi connectivity index (χ3n) is 3.69. The van der Waals surface area contributed by atoms with Gasteiger partial charge in [-0.1, -0.05) is 12.1 Å². The van der Waals surface area contributed by atoms with Gasteiger partial charge in [-0.05, 0) is 32.7 Å². The zero-order valence-electron chi connectivity index (χ0n) is 11.6. The summed E-state index contributed by atoms with van der Waals surface area (Å²) in [5.74, 6) is 0. The Hall–Kier alpha value is -0.940. The molecule has 0 radical (unpaired) electrons. The largest absolute Gasteiger partial charge is 0.374 e. The molecule has 5 nitrogen and oxygen atoms in total. The maximum Gasteiger partial charge on any atom is 0.0843 e. The highest BCUT2D eigenvalue weighted by Crippen LogP contribution is 2.30. The van der Waals surface area contributed by atoms with Crippen LogP contribution in [0, 0.1) is 0 Å². The van der Waals surface area contributed by atoms with Crippen LogP contribution in [0.25, 0.3) is 0 Å². The molecule has 2 unspecified atom stereocenters. The molecule has 0 spiro atoms. The Morgan fingerprint density at radius 2 is 2.44 bits per heavy atom. The third kappa shape index (κ3) is 3.09. The summed E-state index contributed by atoms with van der Waals surface area (Å²) >= 11 is 0. The van der Waals surface area contributed by atoms with Crippen LogP contribution in [0.4, 0.5) is 0 Å². The van der Waals surface area contributed by atoms with Crippen LogP contribution >= 0.6 is 0 Å². The first kappa shape index (κ1) is 13.5. The molecule has 1 fully saturated rings. The first-order chi connectivity index (χ1) is 8.64. The molecule has 0 amide bonds. The van der Waals surface area contributed by atoms with E-state index < -0.39 is 0 Å². The van der Waals surface area contributed by atoms with Crippen LogP contribution in [0.1, 0.15) is 38.8 Å². The number of rotatable bonds is 6. The van der Waals surface area contributed by atoms with E-state index in [1.807, 2.05) is 13.2 Å². The van der Waals surface area contributed by atoms with Gasteiger partial charge in [0, 0.05) is 32.3 Å². The molecule has 2 atom stereocenters. The van der Waals surface area contributed by atoms with Crippen molar-refractivity contribution in [3.05, 3.63) is 11.9 Å². The highest BCUT2D eigenvalue weighted by molar-refractivity contribution is 5.02. The van der Waals surface area contributed by atoms with Gasteiger partial charge in [-0.2, -0.15) is 0 Å². The molecule has 1 aliphatic rings. The number of aromatic nitrogens is 3. The van der Waals surface area contributed by atoms with Gasteiger partial charge in [-0.25, -0.2) is 0 Å². The van der Waals surface area contributed by atoms with Crippen LogP contribution < -0.4 is 5.32 Å². The molecule has 5 heteroatoms. The maximum atomic E-state index is 5.96. The molecule has 2 rings (SSSR count). The minimum Gasteiger partial charge on any atom is -0.374 e. The van der Waals surface area contributed by atoms with Crippen molar-refractivity contribution in [2.75, 3.05) is 13.2 Å². The van der Waals surface area contributed by atoms with E-state index in [1.165, 1.54) is 0 Å². The standard InChI is InChI=1S/C13H24N4O/c1-4-7-14-12(13(2)6-5-8-18-13)9-11-10-17(3)16-15-11/h10,12,14H,4-9H2,1-3H3. The van der Waals surface area contributed by atoms with Crippen LogP contribution in [0.15, 0.2) is 6.20 Å². The van der Waals surface area contributed by atoms with E-state index >= 15 is 0 Å². The monoisotopic (exact) mass is 252 g/mol. The quantitative estimate of drug-likeness (QED) is 0.829. The van der Waals surface area contributed by atoms with Crippen molar-refractivity contribution in [3.8, 4) is 0 Å². The van der Waals surface area contributed by atoms with Crippen molar-refractivity contribution >= 4 is 0 Å². The van der Waals surface area contributed by atoms with Crippen molar-refractivity contribution in [2.45, 2.75) is 51.2 Å². The third-order valence-corrected chi connectivity index (χ3v) is 3.69. The van der Waals surface area contributed by atoms with Crippen molar-refractivity contribution in [3.63, 3.8) is 0 Å². The second-order valence-corrected chi connectivity index (χ2v) is 5.36. The lowest BCUT2D eigenvalue weighted by Gasteiger charge is -2.33. The molecule has 1 saturated heterocycles. The summed E-state index contributed by atoms with van der Waals surface area (Å²) in [4.78, 5) is 0. The predicted molar refractivity (Wildman–Crippen MR) is 70.4 cm³/mol. The Labute approximate surface area is 109 Å². The Balaban J connectivity index is 2.04. The number of aryl methyl sites for hydroxylation is 1. The van der Waals surface area contributed by atoms with Gasteiger partial charge in [0.1, 0.15) is 0 Å². The molecular weight excluding hydrogens is 228 g/mol. The normalized spacial score (nSPS) is 25.5. The van der Waals surface area contributed by atoms with Crippen molar-refractivity contribution in [2.24, 2.45) is 7.05 Å². The molecule has 1 aliphatic heterocycles. The Kier molecular flexibility index (Phi) is 4.35. The van der Waals surface area contributed by atoms with E-state index in [9.17, 15) is 0 Å². The van der Waals surface area contributed by atoms with Gasteiger partial charge in [0.05, 0.1) is 11.3 Å². The van der Waals surface area contributed by atoms with Gasteiger partial charge in [0.25, 0.3) is 0 Å². The zero-order chi connectivity index (χ0) is 13.0. The molecule has 18 heavy (non-hydrogen) atoms. The van der Waals surface area contributed by atoms with Gasteiger partial charge in [0.2, 0.25) is 0 Å². The average molecular weight is 252 g/mol. The Bertz CT molecular complexity index is 371. The molecule has 0 saturated carbocycles. The number of ether oxygens (including phenoxy) is 1. The summed E-state index contributed by atoms with van der Waals surface area (Å²) < 4.78 is 7.72. The second kappa shape index (κ2) is 5.80. The first-order valence-electron chi connectivity index (χ1n) is 6.86. The topological polar surface area (TPSA) is 52.0 Å². The molecular formula is C13H24N4O. The van der Waals surface area contributed by atoms with Crippen LogP contribution in [-0.4, -0.2) is 39.8 Å². The van der Waals surface area contributed by atoms with E-state index in [2.05, 4.69) is 29.5 Å². The smallest absolute Gasteiger partial charge is 0.0843 e. The Morgan fingerprint density at radius 1 is 1.61 bits per heavy atom. The van der Waals surface area contributed by atoms with Crippen molar-refractivity contribution < 1.29 is 4.74 Å². The molecule has 1 aromatic rings. The minimum absolute atomic E-state index is 0.0628. The van der Waals surface area contributed by atoms with Crippen LogP contribution in [0.3, 0.4) is 0 Å². The summed E-state index contributed by atoms with van der Waals surface area (Å²) in [6.45, 7) is 6.29. The predicted octanol–water partition coefficient (Wildman–Crippen LogP) is 1.29. The van der Waals surface area contributed by atoms with E-state index in [-0.39, 0.29) is 5.60 Å². The molecule has 1 N–H and O–H groups in total. The molecule has 0 aromatic carbocycles. The maximum absolute atomic E-state index is 5.96. The van der Waals surface area contributed by atoms with Gasteiger partial charge in [-0.3, -0.25) is 4.68 Å². The Morgan fingerprint density at radius 3 is 3.00 bits per heavy atom. The van der Waals surface area contributed by atoms with Crippen LogP contribution in [-0.2, 0) is 18.2 Å². The molecule has 102 valence electrons. The van der Waals surface area contributed by atoms with Gasteiger partial charge in [-0.15, -0.1) is 5.10 Å². The summed E-state index contributed by atoms with van der Waals surface area (Å²) in [6.07, 6.45) is 6.27. The number of nitrogens with one attached hydrogen (secondary N) is 1. The van der Waals surface area contributed by atoms with Gasteiger partial charge >= 0.3 is 0 Å². The lowest BCUT2D eigenvalue weighted by Crippen LogP contribution is -2.50. The lowest BCUT2D eigenvalue weighted by molar-refractivity contribution is -0.0116. The summed E-state index contributed by atoms with van der Waals surface area (Å²) in [6, 6.07) is 0.316. The lowest BCUT2D eigenvalue weighted by atomic mass is 9.89. The fourth-order valence-corrected chi connectivity index (χ4v) is 2.60. The summed E-state index contributed by atoms with van der Waals surface area (Å²) in [5.41, 5.74) is 0.968. The number of hydrogen-bond donors (Lipinski definition) is 1. The van der Waals surface area contributed by atoms with Gasteiger partial charge < -0.3 is 10.1 Å². The van der Waals surface area contributed by atoms with Crippen molar-refractivity contribution in [1.82, 2.24) is 20.3 Å². The van der Waals surface area contributed by atoms with E-state index in [4.69, 9.17) is 4.74 Å². The van der Waals surface area contributed by atoms with E-state index in [1.54, 1.807) is 4.68 Å². The highest BCUT2D eigenvalue weighted by Gasteiger charge is 2.38. The molecule has 0 bridgehead atoms. The molecule has 1 aromatic heterocycles. The van der Waals surface area contributed by atoms with Crippen LogP contribution in [0.2, 0.25) is 0 Å². The SMILES string of the molecule is CCCNC(Cc1cn(C)nn1)C1(C)CCCO1. The van der Waals surface area contributed by atoms with Crippen molar-refractivity contribution in [1.29, 1.82) is 0 Å². The fourth-order valence-electron chi connectivity index (χ4n) is 2.60. The number of hydrogen-bond acceptors (Lipinski definition) is 4. The van der Waals surface area contributed by atoms with Crippen LogP contribution in [0.5, 0.6) is 0 Å². The summed E-state index contributed by atoms with van der Waals surface area (Å²) in [7, 11) is 1.90. The van der Waals surface area contributed by atoms with Gasteiger partial charge in [0.15, 0.2) is 0 Å².